The Morgan fingerprint density at radius 3 is 2.53 bits per heavy atom. The first-order chi connectivity index (χ1) is 7.72. The van der Waals surface area contributed by atoms with Crippen LogP contribution in [0.15, 0.2) is 23.1 Å². The summed E-state index contributed by atoms with van der Waals surface area (Å²) in [6, 6.07) is 4.40. The van der Waals surface area contributed by atoms with Gasteiger partial charge in [-0.1, -0.05) is 0 Å². The molecule has 0 bridgehead atoms. The highest BCUT2D eigenvalue weighted by molar-refractivity contribution is 7.90. The number of Topliss-reactive ketones (excluding diaryl/α,β-unsaturated/α-hetero) is 1. The normalized spacial score (nSPS) is 18.4. The molecule has 1 aromatic carbocycles. The average molecular weight is 254 g/mol. The van der Waals surface area contributed by atoms with Crippen LogP contribution in [0.2, 0.25) is 0 Å². The fourth-order valence-corrected chi connectivity index (χ4v) is 2.38. The summed E-state index contributed by atoms with van der Waals surface area (Å²) < 4.78 is 28.3. The Kier molecular flexibility index (Phi) is 2.54. The van der Waals surface area contributed by atoms with Gasteiger partial charge in [-0.15, -0.1) is 0 Å². The molecule has 92 valence electrons. The largest absolute Gasteiger partial charge is 0.492 e. The molecule has 0 amide bonds. The van der Waals surface area contributed by atoms with Crippen LogP contribution in [-0.4, -0.2) is 27.1 Å². The Bertz CT molecular complexity index is 585. The van der Waals surface area contributed by atoms with Gasteiger partial charge in [0.2, 0.25) is 0 Å². The van der Waals surface area contributed by atoms with E-state index < -0.39 is 15.3 Å². The van der Waals surface area contributed by atoms with Crippen LogP contribution in [0.4, 0.5) is 0 Å². The minimum atomic E-state index is -3.30. The van der Waals surface area contributed by atoms with Gasteiger partial charge in [0.05, 0.1) is 15.9 Å². The number of fused-ring (bicyclic) bond motifs is 1. The van der Waals surface area contributed by atoms with Crippen LogP contribution in [-0.2, 0) is 9.84 Å². The van der Waals surface area contributed by atoms with E-state index in [0.717, 1.165) is 6.26 Å². The van der Waals surface area contributed by atoms with Crippen LogP contribution in [0.5, 0.6) is 5.75 Å². The van der Waals surface area contributed by atoms with Crippen molar-refractivity contribution in [3.63, 3.8) is 0 Å². The smallest absolute Gasteiger partial charge is 0.175 e. The van der Waals surface area contributed by atoms with Crippen molar-refractivity contribution in [1.82, 2.24) is 0 Å². The van der Waals surface area contributed by atoms with Crippen molar-refractivity contribution in [2.24, 2.45) is 5.41 Å². The molecule has 0 radical (unpaired) electrons. The van der Waals surface area contributed by atoms with Gasteiger partial charge in [0.15, 0.2) is 15.6 Å². The molecular formula is C12H14O4S. The van der Waals surface area contributed by atoms with Gasteiger partial charge in [0.1, 0.15) is 12.4 Å². The summed E-state index contributed by atoms with van der Waals surface area (Å²) in [5.74, 6) is 0.381. The van der Waals surface area contributed by atoms with Gasteiger partial charge in [0, 0.05) is 6.26 Å². The number of hydrogen-bond donors (Lipinski definition) is 0. The first-order valence-corrected chi connectivity index (χ1v) is 7.13. The summed E-state index contributed by atoms with van der Waals surface area (Å²) in [7, 11) is -3.30. The first-order valence-electron chi connectivity index (χ1n) is 5.23. The van der Waals surface area contributed by atoms with Crippen molar-refractivity contribution < 1.29 is 17.9 Å². The predicted octanol–water partition coefficient (Wildman–Crippen LogP) is 1.69. The second-order valence-corrected chi connectivity index (χ2v) is 6.95. The van der Waals surface area contributed by atoms with Crippen molar-refractivity contribution in [2.75, 3.05) is 12.9 Å². The van der Waals surface area contributed by atoms with Gasteiger partial charge in [0.25, 0.3) is 0 Å². The number of ketones is 1. The van der Waals surface area contributed by atoms with Crippen LogP contribution >= 0.6 is 0 Å². The minimum Gasteiger partial charge on any atom is -0.492 e. The van der Waals surface area contributed by atoms with Gasteiger partial charge in [-0.3, -0.25) is 4.79 Å². The predicted molar refractivity (Wildman–Crippen MR) is 63.2 cm³/mol. The van der Waals surface area contributed by atoms with Gasteiger partial charge in [-0.25, -0.2) is 8.42 Å². The maximum Gasteiger partial charge on any atom is 0.175 e. The van der Waals surface area contributed by atoms with Crippen molar-refractivity contribution >= 4 is 15.6 Å². The SMILES string of the molecule is CC1(C)COc2ccc(S(C)(=O)=O)cc2C1=O. The number of carbonyl (C=O) groups excluding carboxylic acids is 1. The third kappa shape index (κ3) is 2.07. The Labute approximate surface area is 101 Å². The fraction of sp³-hybridized carbons (Fsp3) is 0.417. The topological polar surface area (TPSA) is 60.4 Å². The number of hydrogen-bond acceptors (Lipinski definition) is 4. The molecule has 17 heavy (non-hydrogen) atoms. The molecule has 1 heterocycles. The lowest BCUT2D eigenvalue weighted by Crippen LogP contribution is -2.35. The van der Waals surface area contributed by atoms with Crippen LogP contribution in [0.3, 0.4) is 0 Å². The second kappa shape index (κ2) is 3.57. The molecule has 0 fully saturated rings. The zero-order valence-electron chi connectivity index (χ0n) is 9.98. The Hall–Kier alpha value is -1.36. The fourth-order valence-electron chi connectivity index (χ4n) is 1.73. The lowest BCUT2D eigenvalue weighted by Gasteiger charge is -2.29. The zero-order valence-corrected chi connectivity index (χ0v) is 10.8. The van der Waals surface area contributed by atoms with Crippen molar-refractivity contribution in [3.05, 3.63) is 23.8 Å². The number of ether oxygens (including phenoxy) is 1. The lowest BCUT2D eigenvalue weighted by molar-refractivity contribution is 0.0692. The van der Waals surface area contributed by atoms with Crippen molar-refractivity contribution in [2.45, 2.75) is 18.7 Å². The van der Waals surface area contributed by atoms with E-state index in [1.807, 2.05) is 0 Å². The van der Waals surface area contributed by atoms with E-state index in [4.69, 9.17) is 4.74 Å². The molecule has 4 nitrogen and oxygen atoms in total. The van der Waals surface area contributed by atoms with E-state index in [2.05, 4.69) is 0 Å². The summed E-state index contributed by atoms with van der Waals surface area (Å²) in [5.41, 5.74) is -0.257. The van der Waals surface area contributed by atoms with Gasteiger partial charge >= 0.3 is 0 Å². The summed E-state index contributed by atoms with van der Waals surface area (Å²) in [6.45, 7) is 3.88. The third-order valence-corrected chi connectivity index (χ3v) is 3.94. The molecule has 2 rings (SSSR count). The summed E-state index contributed by atoms with van der Waals surface area (Å²) in [4.78, 5) is 12.3. The maximum atomic E-state index is 12.1. The average Bonchev–Trinajstić information content (AvgIpc) is 2.22. The molecule has 0 unspecified atom stereocenters. The van der Waals surface area contributed by atoms with E-state index in [1.165, 1.54) is 12.1 Å². The highest BCUT2D eigenvalue weighted by atomic mass is 32.2. The molecule has 1 aliphatic heterocycles. The molecule has 0 saturated heterocycles. The molecule has 0 saturated carbocycles. The van der Waals surface area contributed by atoms with Crippen LogP contribution < -0.4 is 4.74 Å². The molecule has 0 spiro atoms. The molecule has 0 aromatic heterocycles. The molecule has 1 aliphatic rings. The highest BCUT2D eigenvalue weighted by Gasteiger charge is 2.36. The monoisotopic (exact) mass is 254 g/mol. The van der Waals surface area contributed by atoms with E-state index in [9.17, 15) is 13.2 Å². The first kappa shape index (κ1) is 12.1. The van der Waals surface area contributed by atoms with Gasteiger partial charge < -0.3 is 4.74 Å². The number of rotatable bonds is 1. The Morgan fingerprint density at radius 2 is 1.94 bits per heavy atom. The Balaban J connectivity index is 2.60. The molecule has 0 aliphatic carbocycles. The zero-order chi connectivity index (χ0) is 12.8. The quantitative estimate of drug-likeness (QED) is 0.765. The summed E-state index contributed by atoms with van der Waals surface area (Å²) in [6.07, 6.45) is 1.12. The molecule has 5 heteroatoms. The number of benzene rings is 1. The number of sulfone groups is 1. The molecule has 0 N–H and O–H groups in total. The summed E-state index contributed by atoms with van der Waals surface area (Å²) in [5, 5.41) is 0. The molecule has 1 aromatic rings. The van der Waals surface area contributed by atoms with Crippen LogP contribution in [0, 0.1) is 5.41 Å². The van der Waals surface area contributed by atoms with Crippen molar-refractivity contribution in [1.29, 1.82) is 0 Å². The third-order valence-electron chi connectivity index (χ3n) is 2.83. The number of carbonyl (C=O) groups is 1. The standard InChI is InChI=1S/C12H14O4S/c1-12(2)7-16-10-5-4-8(17(3,14)15)6-9(10)11(12)13/h4-6H,7H2,1-3H3. The lowest BCUT2D eigenvalue weighted by atomic mass is 9.83. The van der Waals surface area contributed by atoms with Gasteiger partial charge in [-0.05, 0) is 32.0 Å². The van der Waals surface area contributed by atoms with Gasteiger partial charge in [-0.2, -0.15) is 0 Å². The maximum absolute atomic E-state index is 12.1. The highest BCUT2D eigenvalue weighted by Crippen LogP contribution is 2.35. The van der Waals surface area contributed by atoms with Crippen molar-refractivity contribution in [3.8, 4) is 5.75 Å². The van der Waals surface area contributed by atoms with E-state index >= 15 is 0 Å². The molecular weight excluding hydrogens is 240 g/mol. The molecule has 0 atom stereocenters. The minimum absolute atomic E-state index is 0.0794. The van der Waals surface area contributed by atoms with Crippen LogP contribution in [0.1, 0.15) is 24.2 Å². The summed E-state index contributed by atoms with van der Waals surface area (Å²) >= 11 is 0. The second-order valence-electron chi connectivity index (χ2n) is 4.93. The Morgan fingerprint density at radius 1 is 1.29 bits per heavy atom. The van der Waals surface area contributed by atoms with E-state index in [1.54, 1.807) is 19.9 Å². The van der Waals surface area contributed by atoms with Crippen LogP contribution in [0.25, 0.3) is 0 Å². The van der Waals surface area contributed by atoms with E-state index in [0.29, 0.717) is 17.9 Å². The van der Waals surface area contributed by atoms with E-state index in [-0.39, 0.29) is 10.7 Å².